The summed E-state index contributed by atoms with van der Waals surface area (Å²) in [7, 11) is 0. The highest BCUT2D eigenvalue weighted by Crippen LogP contribution is 2.15. The molecule has 3 N–H and O–H groups in total. The Kier molecular flexibility index (Phi) is 4.15. The minimum absolute atomic E-state index is 0.444. The number of nitrogens with zero attached hydrogens (tertiary/aromatic N) is 1. The van der Waals surface area contributed by atoms with Crippen LogP contribution in [0.3, 0.4) is 0 Å². The van der Waals surface area contributed by atoms with Gasteiger partial charge in [0.2, 0.25) is 11.8 Å². The molecule has 1 aromatic heterocycles. The van der Waals surface area contributed by atoms with Crippen molar-refractivity contribution in [3.05, 3.63) is 23.4 Å². The van der Waals surface area contributed by atoms with Gasteiger partial charge in [-0.05, 0) is 32.4 Å². The number of carbonyl (C=O) groups excluding carboxylic acids is 1. The average molecular weight is 249 g/mol. The summed E-state index contributed by atoms with van der Waals surface area (Å²) in [5.41, 5.74) is 6.44. The largest absolute Gasteiger partial charge is 0.477 e. The highest BCUT2D eigenvalue weighted by atomic mass is 16.5. The summed E-state index contributed by atoms with van der Waals surface area (Å²) in [6.45, 7) is 4.52. The van der Waals surface area contributed by atoms with Gasteiger partial charge in [-0.25, -0.2) is 4.98 Å². The van der Waals surface area contributed by atoms with E-state index in [0.717, 1.165) is 18.8 Å². The molecule has 1 aliphatic rings. The normalized spacial score (nSPS) is 19.5. The van der Waals surface area contributed by atoms with E-state index >= 15 is 0 Å². The van der Waals surface area contributed by atoms with Crippen LogP contribution in [0.15, 0.2) is 12.1 Å². The number of primary amides is 1. The molecule has 0 radical (unpaired) electrons. The van der Waals surface area contributed by atoms with Gasteiger partial charge in [-0.2, -0.15) is 0 Å². The Balaban J connectivity index is 1.97. The monoisotopic (exact) mass is 249 g/mol. The lowest BCUT2D eigenvalue weighted by Gasteiger charge is -2.22. The molecular formula is C13H19N3O2. The molecule has 1 amide bonds. The molecule has 0 saturated carbocycles. The van der Waals surface area contributed by atoms with Gasteiger partial charge in [0.25, 0.3) is 0 Å². The molecule has 5 heteroatoms. The van der Waals surface area contributed by atoms with Crippen LogP contribution in [0.5, 0.6) is 5.88 Å². The predicted octanol–water partition coefficient (Wildman–Crippen LogP) is 0.867. The minimum Gasteiger partial charge on any atom is -0.477 e. The summed E-state index contributed by atoms with van der Waals surface area (Å²) < 4.78 is 5.66. The van der Waals surface area contributed by atoms with Gasteiger partial charge in [-0.15, -0.1) is 0 Å². The van der Waals surface area contributed by atoms with Gasteiger partial charge in [0, 0.05) is 29.8 Å². The van der Waals surface area contributed by atoms with Gasteiger partial charge in [0.05, 0.1) is 6.61 Å². The van der Waals surface area contributed by atoms with E-state index in [4.69, 9.17) is 10.5 Å². The topological polar surface area (TPSA) is 77.2 Å². The summed E-state index contributed by atoms with van der Waals surface area (Å²) in [5.74, 6) is 0.539. The number of hydrogen-bond donors (Lipinski definition) is 2. The van der Waals surface area contributed by atoms with Crippen molar-refractivity contribution in [2.75, 3.05) is 19.7 Å². The van der Waals surface area contributed by atoms with Gasteiger partial charge in [-0.1, -0.05) is 0 Å². The molecule has 0 aliphatic carbocycles. The molecular weight excluding hydrogens is 230 g/mol. The first-order valence-electron chi connectivity index (χ1n) is 6.27. The summed E-state index contributed by atoms with van der Waals surface area (Å²) in [6, 6.07) is 3.27. The molecule has 18 heavy (non-hydrogen) atoms. The standard InChI is InChI=1S/C13H19N3O2/c1-9-5-11(13(14)17)6-12(16-9)18-8-10-3-2-4-15-7-10/h5-6,10,15H,2-4,7-8H2,1H3,(H2,14,17). The number of pyridine rings is 1. The molecule has 98 valence electrons. The van der Waals surface area contributed by atoms with Crippen LogP contribution in [-0.4, -0.2) is 30.6 Å². The fourth-order valence-electron chi connectivity index (χ4n) is 2.12. The summed E-state index contributed by atoms with van der Waals surface area (Å²) >= 11 is 0. The highest BCUT2D eigenvalue weighted by molar-refractivity contribution is 5.93. The van der Waals surface area contributed by atoms with Crippen molar-refractivity contribution in [2.24, 2.45) is 11.7 Å². The molecule has 5 nitrogen and oxygen atoms in total. The molecule has 0 spiro atoms. The first-order chi connectivity index (χ1) is 8.65. The zero-order chi connectivity index (χ0) is 13.0. The number of nitrogens with two attached hydrogens (primary N) is 1. The Labute approximate surface area is 107 Å². The van der Waals surface area contributed by atoms with Gasteiger partial charge in [0.15, 0.2) is 0 Å². The number of aromatic nitrogens is 1. The third kappa shape index (κ3) is 3.43. The van der Waals surface area contributed by atoms with E-state index in [-0.39, 0.29) is 0 Å². The Morgan fingerprint density at radius 2 is 2.44 bits per heavy atom. The van der Waals surface area contributed by atoms with E-state index in [1.165, 1.54) is 12.8 Å². The molecule has 2 heterocycles. The molecule has 0 bridgehead atoms. The van der Waals surface area contributed by atoms with Crippen molar-refractivity contribution in [1.29, 1.82) is 0 Å². The third-order valence-corrected chi connectivity index (χ3v) is 3.08. The fraction of sp³-hybridized carbons (Fsp3) is 0.538. The number of amides is 1. The zero-order valence-corrected chi connectivity index (χ0v) is 10.6. The number of piperidine rings is 1. The van der Waals surface area contributed by atoms with Crippen molar-refractivity contribution >= 4 is 5.91 Å². The smallest absolute Gasteiger partial charge is 0.248 e. The van der Waals surface area contributed by atoms with E-state index < -0.39 is 5.91 Å². The summed E-state index contributed by atoms with van der Waals surface area (Å²) in [4.78, 5) is 15.4. The van der Waals surface area contributed by atoms with Crippen LogP contribution in [0.25, 0.3) is 0 Å². The van der Waals surface area contributed by atoms with E-state index in [0.29, 0.717) is 24.0 Å². The minimum atomic E-state index is -0.454. The number of nitrogens with one attached hydrogen (secondary N) is 1. The van der Waals surface area contributed by atoms with Gasteiger partial charge in [-0.3, -0.25) is 4.79 Å². The third-order valence-electron chi connectivity index (χ3n) is 3.08. The maximum atomic E-state index is 11.1. The van der Waals surface area contributed by atoms with Crippen LogP contribution >= 0.6 is 0 Å². The van der Waals surface area contributed by atoms with Crippen LogP contribution in [0.2, 0.25) is 0 Å². The fourth-order valence-corrected chi connectivity index (χ4v) is 2.12. The van der Waals surface area contributed by atoms with Crippen molar-refractivity contribution in [3.8, 4) is 5.88 Å². The first kappa shape index (κ1) is 12.8. The van der Waals surface area contributed by atoms with E-state index in [9.17, 15) is 4.79 Å². The lowest BCUT2D eigenvalue weighted by molar-refractivity contribution is 0.0999. The van der Waals surface area contributed by atoms with Gasteiger partial charge >= 0.3 is 0 Å². The maximum absolute atomic E-state index is 11.1. The highest BCUT2D eigenvalue weighted by Gasteiger charge is 2.14. The van der Waals surface area contributed by atoms with Crippen molar-refractivity contribution in [3.63, 3.8) is 0 Å². The second kappa shape index (κ2) is 5.82. The first-order valence-corrected chi connectivity index (χ1v) is 6.27. The Morgan fingerprint density at radius 1 is 1.61 bits per heavy atom. The average Bonchev–Trinajstić information content (AvgIpc) is 2.37. The molecule has 0 aromatic carbocycles. The quantitative estimate of drug-likeness (QED) is 0.830. The lowest BCUT2D eigenvalue weighted by atomic mass is 10.0. The summed E-state index contributed by atoms with van der Waals surface area (Å²) in [6.07, 6.45) is 2.35. The van der Waals surface area contributed by atoms with Crippen molar-refractivity contribution in [1.82, 2.24) is 10.3 Å². The Morgan fingerprint density at radius 3 is 3.11 bits per heavy atom. The van der Waals surface area contributed by atoms with Gasteiger partial charge < -0.3 is 15.8 Å². The zero-order valence-electron chi connectivity index (χ0n) is 10.6. The Hall–Kier alpha value is -1.62. The molecule has 1 atom stereocenters. The van der Waals surface area contributed by atoms with Crippen LogP contribution in [0, 0.1) is 12.8 Å². The van der Waals surface area contributed by atoms with Gasteiger partial charge in [0.1, 0.15) is 0 Å². The van der Waals surface area contributed by atoms with Crippen molar-refractivity contribution < 1.29 is 9.53 Å². The van der Waals surface area contributed by atoms with Crippen LogP contribution in [0.4, 0.5) is 0 Å². The van der Waals surface area contributed by atoms with E-state index in [1.807, 2.05) is 6.92 Å². The second-order valence-electron chi connectivity index (χ2n) is 4.72. The van der Waals surface area contributed by atoms with Crippen molar-refractivity contribution in [2.45, 2.75) is 19.8 Å². The summed E-state index contributed by atoms with van der Waals surface area (Å²) in [5, 5.41) is 3.34. The molecule has 1 aromatic rings. The predicted molar refractivity (Wildman–Crippen MR) is 68.6 cm³/mol. The molecule has 1 unspecified atom stereocenters. The SMILES string of the molecule is Cc1cc(C(N)=O)cc(OCC2CCCNC2)n1. The number of rotatable bonds is 4. The number of hydrogen-bond acceptors (Lipinski definition) is 4. The molecule has 2 rings (SSSR count). The lowest BCUT2D eigenvalue weighted by Crippen LogP contribution is -2.33. The molecule has 1 aliphatic heterocycles. The number of carbonyl (C=O) groups is 1. The molecule has 1 fully saturated rings. The molecule has 1 saturated heterocycles. The second-order valence-corrected chi connectivity index (χ2v) is 4.72. The maximum Gasteiger partial charge on any atom is 0.248 e. The number of aryl methyl sites for hydroxylation is 1. The number of ether oxygens (including phenoxy) is 1. The van der Waals surface area contributed by atoms with Crippen LogP contribution in [-0.2, 0) is 0 Å². The van der Waals surface area contributed by atoms with E-state index in [2.05, 4.69) is 10.3 Å². The van der Waals surface area contributed by atoms with Crippen LogP contribution in [0.1, 0.15) is 28.9 Å². The van der Waals surface area contributed by atoms with Crippen LogP contribution < -0.4 is 15.8 Å². The Bertz CT molecular complexity index is 428. The van der Waals surface area contributed by atoms with E-state index in [1.54, 1.807) is 12.1 Å².